The van der Waals surface area contributed by atoms with Crippen molar-refractivity contribution in [3.63, 3.8) is 0 Å². The zero-order valence-electron chi connectivity index (χ0n) is 51.0. The molecule has 0 aliphatic carbocycles. The van der Waals surface area contributed by atoms with Gasteiger partial charge in [0.1, 0.15) is 13.2 Å². The molecule has 0 heterocycles. The number of unbranched alkanes of at least 4 members (excludes halogenated alkanes) is 35. The third-order valence-electron chi connectivity index (χ3n) is 14.4. The highest BCUT2D eigenvalue weighted by Gasteiger charge is 2.19. The minimum atomic E-state index is -0.798. The van der Waals surface area contributed by atoms with Gasteiger partial charge in [-0.2, -0.15) is 0 Å². The van der Waals surface area contributed by atoms with E-state index in [-0.39, 0.29) is 37.5 Å². The second-order valence-corrected chi connectivity index (χ2v) is 22.0. The van der Waals surface area contributed by atoms with Crippen molar-refractivity contribution in [1.29, 1.82) is 0 Å². The molecular weight excluding hydrogens is 949 g/mol. The van der Waals surface area contributed by atoms with Crippen molar-refractivity contribution < 1.29 is 28.6 Å². The van der Waals surface area contributed by atoms with E-state index in [2.05, 4.69) is 106 Å². The van der Waals surface area contributed by atoms with Gasteiger partial charge in [0.05, 0.1) is 0 Å². The van der Waals surface area contributed by atoms with E-state index in [1.165, 1.54) is 193 Å². The molecule has 0 rings (SSSR count). The van der Waals surface area contributed by atoms with Crippen LogP contribution >= 0.6 is 0 Å². The van der Waals surface area contributed by atoms with Gasteiger partial charge in [0.25, 0.3) is 0 Å². The van der Waals surface area contributed by atoms with Crippen LogP contribution in [0.3, 0.4) is 0 Å². The molecule has 0 aromatic rings. The summed E-state index contributed by atoms with van der Waals surface area (Å²) in [6, 6.07) is 0. The lowest BCUT2D eigenvalue weighted by Gasteiger charge is -2.18. The molecule has 77 heavy (non-hydrogen) atoms. The number of carbonyl (C=O) groups excluding carboxylic acids is 3. The quantitative estimate of drug-likeness (QED) is 0.0261. The molecule has 0 spiro atoms. The highest BCUT2D eigenvalue weighted by atomic mass is 16.6. The van der Waals surface area contributed by atoms with Crippen LogP contribution in [0.25, 0.3) is 0 Å². The minimum absolute atomic E-state index is 0.0904. The maximum atomic E-state index is 12.9. The molecule has 0 fully saturated rings. The second-order valence-electron chi connectivity index (χ2n) is 22.0. The van der Waals surface area contributed by atoms with Gasteiger partial charge in [0, 0.05) is 19.3 Å². The van der Waals surface area contributed by atoms with E-state index in [0.29, 0.717) is 12.8 Å². The smallest absolute Gasteiger partial charge is 0.306 e. The van der Waals surface area contributed by atoms with Crippen molar-refractivity contribution >= 4 is 17.9 Å². The fourth-order valence-corrected chi connectivity index (χ4v) is 9.40. The van der Waals surface area contributed by atoms with E-state index >= 15 is 0 Å². The van der Waals surface area contributed by atoms with Gasteiger partial charge in [-0.15, -0.1) is 0 Å². The predicted molar refractivity (Wildman–Crippen MR) is 334 cm³/mol. The summed E-state index contributed by atoms with van der Waals surface area (Å²) in [5.74, 6) is -0.913. The van der Waals surface area contributed by atoms with Crippen LogP contribution < -0.4 is 0 Å². The van der Waals surface area contributed by atoms with Gasteiger partial charge >= 0.3 is 17.9 Å². The maximum Gasteiger partial charge on any atom is 0.306 e. The molecule has 0 aliphatic heterocycles. The monoisotopic (exact) mass is 1070 g/mol. The van der Waals surface area contributed by atoms with E-state index in [1.807, 2.05) is 0 Å². The molecule has 0 N–H and O–H groups in total. The normalized spacial score (nSPS) is 12.6. The van der Waals surface area contributed by atoms with Crippen LogP contribution in [0.1, 0.15) is 329 Å². The van der Waals surface area contributed by atoms with E-state index in [1.54, 1.807) is 0 Å². The van der Waals surface area contributed by atoms with E-state index < -0.39 is 6.10 Å². The van der Waals surface area contributed by atoms with Crippen LogP contribution in [-0.2, 0) is 28.6 Å². The Morgan fingerprint density at radius 1 is 0.273 bits per heavy atom. The van der Waals surface area contributed by atoms with Crippen LogP contribution in [0, 0.1) is 0 Å². The molecular formula is C71H124O6. The van der Waals surface area contributed by atoms with Crippen molar-refractivity contribution in [2.75, 3.05) is 13.2 Å². The zero-order chi connectivity index (χ0) is 55.7. The first kappa shape index (κ1) is 73.6. The van der Waals surface area contributed by atoms with Crippen LogP contribution in [0.2, 0.25) is 0 Å². The van der Waals surface area contributed by atoms with Gasteiger partial charge in [-0.05, 0) is 116 Å². The number of hydrogen-bond acceptors (Lipinski definition) is 6. The molecule has 0 radical (unpaired) electrons. The van der Waals surface area contributed by atoms with Crippen molar-refractivity contribution in [3.8, 4) is 0 Å². The van der Waals surface area contributed by atoms with E-state index in [0.717, 1.165) is 96.3 Å². The molecule has 0 bridgehead atoms. The molecule has 0 amide bonds. The number of carbonyl (C=O) groups is 3. The summed E-state index contributed by atoms with van der Waals surface area (Å²) in [6.45, 7) is 6.53. The van der Waals surface area contributed by atoms with Crippen LogP contribution in [0.4, 0.5) is 0 Å². The third kappa shape index (κ3) is 63.3. The Bertz CT molecular complexity index is 1470. The summed E-state index contributed by atoms with van der Waals surface area (Å²) in [5, 5.41) is 0. The van der Waals surface area contributed by atoms with Gasteiger partial charge in [0.2, 0.25) is 0 Å². The molecule has 0 aromatic heterocycles. The summed E-state index contributed by atoms with van der Waals surface area (Å²) < 4.78 is 16.9. The molecule has 1 unspecified atom stereocenters. The Hall–Kier alpha value is -3.41. The van der Waals surface area contributed by atoms with Gasteiger partial charge in [0.15, 0.2) is 6.10 Å². The summed E-state index contributed by atoms with van der Waals surface area (Å²) in [6.07, 6.45) is 85.9. The highest BCUT2D eigenvalue weighted by Crippen LogP contribution is 2.16. The summed E-state index contributed by atoms with van der Waals surface area (Å²) >= 11 is 0. The molecule has 6 heteroatoms. The number of hydrogen-bond donors (Lipinski definition) is 0. The molecule has 0 aromatic carbocycles. The molecule has 1 atom stereocenters. The Morgan fingerprint density at radius 2 is 0.506 bits per heavy atom. The van der Waals surface area contributed by atoms with Gasteiger partial charge in [-0.25, -0.2) is 0 Å². The Kier molecular flexibility index (Phi) is 62.2. The number of rotatable bonds is 60. The lowest BCUT2D eigenvalue weighted by atomic mass is 10.1. The number of esters is 3. The van der Waals surface area contributed by atoms with E-state index in [4.69, 9.17) is 14.2 Å². The van der Waals surface area contributed by atoms with Crippen LogP contribution in [-0.4, -0.2) is 37.2 Å². The average Bonchev–Trinajstić information content (AvgIpc) is 3.43. The fourth-order valence-electron chi connectivity index (χ4n) is 9.40. The molecule has 6 nitrogen and oxygen atoms in total. The first-order valence-electron chi connectivity index (χ1n) is 33.1. The predicted octanol–water partition coefficient (Wildman–Crippen LogP) is 22.7. The van der Waals surface area contributed by atoms with Crippen LogP contribution in [0.15, 0.2) is 85.1 Å². The van der Waals surface area contributed by atoms with Crippen molar-refractivity contribution in [3.05, 3.63) is 85.1 Å². The van der Waals surface area contributed by atoms with E-state index in [9.17, 15) is 14.4 Å². The van der Waals surface area contributed by atoms with Crippen molar-refractivity contribution in [2.45, 2.75) is 335 Å². The SMILES string of the molecule is CC/C=C\C/C=C\C/C=C\C/C=C\C/C=C\CCCCCC(=O)OC(COC(=O)CCCCCCCCCCC/C=C\CCCCCCCC)COC(=O)CCCCCCCCCCC/C=C\CCCCCCCCCC. The third-order valence-corrected chi connectivity index (χ3v) is 14.4. The second kappa shape index (κ2) is 65.1. The van der Waals surface area contributed by atoms with Gasteiger partial charge in [-0.3, -0.25) is 14.4 Å². The van der Waals surface area contributed by atoms with Gasteiger partial charge < -0.3 is 14.2 Å². The Labute approximate surface area is 477 Å². The largest absolute Gasteiger partial charge is 0.462 e. The summed E-state index contributed by atoms with van der Waals surface area (Å²) in [7, 11) is 0. The first-order chi connectivity index (χ1) is 38.0. The topological polar surface area (TPSA) is 78.9 Å². The standard InChI is InChI=1S/C71H124O6/c1-4-7-10-13-16-19-22-25-28-31-34-35-38-40-43-46-49-52-55-58-61-64-70(73)76-67-68(77-71(74)65-62-59-56-53-50-47-44-41-37-33-30-27-24-21-18-15-12-9-6-3)66-75-69(72)63-60-57-54-51-48-45-42-39-36-32-29-26-23-20-17-14-11-8-5-2/h9,12,18,21,26-27,29-31,34,37,41,47,50,68H,4-8,10-11,13-17,19-20,22-25,28,32-33,35-36,38-40,42-46,48-49,51-67H2,1-3H3/b12-9-,21-18-,29-26-,30-27-,34-31-,41-37-,50-47-. The highest BCUT2D eigenvalue weighted by molar-refractivity contribution is 5.71. The Balaban J connectivity index is 4.42. The zero-order valence-corrected chi connectivity index (χ0v) is 51.0. The Morgan fingerprint density at radius 3 is 0.818 bits per heavy atom. The summed E-state index contributed by atoms with van der Waals surface area (Å²) in [5.41, 5.74) is 0. The molecule has 444 valence electrons. The number of allylic oxidation sites excluding steroid dienone is 14. The lowest BCUT2D eigenvalue weighted by molar-refractivity contribution is -0.167. The average molecular weight is 1070 g/mol. The molecule has 0 saturated heterocycles. The molecule has 0 saturated carbocycles. The minimum Gasteiger partial charge on any atom is -0.462 e. The van der Waals surface area contributed by atoms with Gasteiger partial charge in [-0.1, -0.05) is 279 Å². The summed E-state index contributed by atoms with van der Waals surface area (Å²) in [4.78, 5) is 38.4. The van der Waals surface area contributed by atoms with Crippen molar-refractivity contribution in [1.82, 2.24) is 0 Å². The fraction of sp³-hybridized carbons (Fsp3) is 0.761. The van der Waals surface area contributed by atoms with Crippen LogP contribution in [0.5, 0.6) is 0 Å². The van der Waals surface area contributed by atoms with Crippen molar-refractivity contribution in [2.24, 2.45) is 0 Å². The first-order valence-corrected chi connectivity index (χ1v) is 33.1. The lowest BCUT2D eigenvalue weighted by Crippen LogP contribution is -2.30. The molecule has 0 aliphatic rings. The number of ether oxygens (including phenoxy) is 3. The maximum absolute atomic E-state index is 12.9.